The number of halogens is 1. The van der Waals surface area contributed by atoms with Gasteiger partial charge in [-0.05, 0) is 44.4 Å². The van der Waals surface area contributed by atoms with Gasteiger partial charge >= 0.3 is 0 Å². The lowest BCUT2D eigenvalue weighted by Gasteiger charge is -2.12. The van der Waals surface area contributed by atoms with Crippen LogP contribution in [0.4, 0.5) is 0 Å². The largest absolute Gasteiger partial charge is 0.493 e. The standard InChI is InChI=1S/C19H33N3O4S.HI/c1-5-20-19(22-13-14-27(23,24)7-3)21-12-8-9-16-10-11-17(25-4)18(15-16)26-6-2;/h10-11,15H,5-9,12-14H2,1-4H3,(H2,20,21,22);1H. The van der Waals surface area contributed by atoms with Crippen molar-refractivity contribution in [2.24, 2.45) is 4.99 Å². The number of nitrogens with zero attached hydrogens (tertiary/aromatic N) is 1. The van der Waals surface area contributed by atoms with Crippen LogP contribution in [0.1, 0.15) is 32.8 Å². The van der Waals surface area contributed by atoms with Crippen molar-refractivity contribution in [3.63, 3.8) is 0 Å². The summed E-state index contributed by atoms with van der Waals surface area (Å²) in [4.78, 5) is 4.51. The molecule has 7 nitrogen and oxygen atoms in total. The van der Waals surface area contributed by atoms with Crippen molar-refractivity contribution in [2.75, 3.05) is 44.9 Å². The normalized spacial score (nSPS) is 11.5. The van der Waals surface area contributed by atoms with Crippen LogP contribution in [0.3, 0.4) is 0 Å². The third-order valence-corrected chi connectivity index (χ3v) is 5.62. The molecule has 162 valence electrons. The highest BCUT2D eigenvalue weighted by Gasteiger charge is 2.08. The van der Waals surface area contributed by atoms with Crippen LogP contribution in [0.15, 0.2) is 23.2 Å². The second kappa shape index (κ2) is 14.7. The van der Waals surface area contributed by atoms with Gasteiger partial charge in [0, 0.05) is 25.4 Å². The number of nitrogens with one attached hydrogen (secondary N) is 2. The predicted octanol–water partition coefficient (Wildman–Crippen LogP) is 2.63. The summed E-state index contributed by atoms with van der Waals surface area (Å²) in [6.45, 7) is 7.90. The number of aryl methyl sites for hydroxylation is 1. The molecule has 0 heterocycles. The van der Waals surface area contributed by atoms with Crippen LogP contribution < -0.4 is 20.1 Å². The lowest BCUT2D eigenvalue weighted by Crippen LogP contribution is -2.39. The molecule has 2 N–H and O–H groups in total. The van der Waals surface area contributed by atoms with E-state index in [4.69, 9.17) is 9.47 Å². The molecule has 0 amide bonds. The molecule has 1 aromatic carbocycles. The number of methoxy groups -OCH3 is 1. The molecule has 0 saturated carbocycles. The molecule has 0 unspecified atom stereocenters. The molecule has 0 fully saturated rings. The first-order valence-electron chi connectivity index (χ1n) is 9.48. The SMILES string of the molecule is CCNC(=NCCCc1ccc(OC)c(OCC)c1)NCCS(=O)(=O)CC.I. The maximum Gasteiger partial charge on any atom is 0.191 e. The Hall–Kier alpha value is -1.23. The van der Waals surface area contributed by atoms with E-state index in [0.29, 0.717) is 25.7 Å². The van der Waals surface area contributed by atoms with Gasteiger partial charge in [-0.1, -0.05) is 13.0 Å². The Bertz CT molecular complexity index is 696. The molecule has 9 heteroatoms. The molecular weight excluding hydrogens is 493 g/mol. The maximum atomic E-state index is 11.6. The van der Waals surface area contributed by atoms with Crippen molar-refractivity contribution < 1.29 is 17.9 Å². The van der Waals surface area contributed by atoms with Gasteiger partial charge in [-0.3, -0.25) is 4.99 Å². The van der Waals surface area contributed by atoms with Gasteiger partial charge in [0.1, 0.15) is 0 Å². The third kappa shape index (κ3) is 10.4. The van der Waals surface area contributed by atoms with Gasteiger partial charge in [-0.25, -0.2) is 8.42 Å². The number of benzene rings is 1. The van der Waals surface area contributed by atoms with Crippen molar-refractivity contribution in [3.05, 3.63) is 23.8 Å². The molecule has 0 saturated heterocycles. The topological polar surface area (TPSA) is 89.0 Å². The first kappa shape index (κ1) is 26.8. The van der Waals surface area contributed by atoms with E-state index in [0.717, 1.165) is 30.9 Å². The van der Waals surface area contributed by atoms with Crippen molar-refractivity contribution in [1.29, 1.82) is 0 Å². The first-order valence-corrected chi connectivity index (χ1v) is 11.3. The van der Waals surface area contributed by atoms with Gasteiger partial charge in [0.2, 0.25) is 0 Å². The minimum absolute atomic E-state index is 0. The van der Waals surface area contributed by atoms with E-state index >= 15 is 0 Å². The van der Waals surface area contributed by atoms with Crippen molar-refractivity contribution in [2.45, 2.75) is 33.6 Å². The fraction of sp³-hybridized carbons (Fsp3) is 0.632. The van der Waals surface area contributed by atoms with Gasteiger partial charge in [-0.2, -0.15) is 0 Å². The summed E-state index contributed by atoms with van der Waals surface area (Å²) in [6, 6.07) is 5.96. The number of hydrogen-bond donors (Lipinski definition) is 2. The predicted molar refractivity (Wildman–Crippen MR) is 126 cm³/mol. The number of rotatable bonds is 12. The molecule has 0 radical (unpaired) electrons. The summed E-state index contributed by atoms with van der Waals surface area (Å²) in [7, 11) is -1.34. The quantitative estimate of drug-likeness (QED) is 0.188. The average Bonchev–Trinajstić information content (AvgIpc) is 2.65. The first-order chi connectivity index (χ1) is 13.0. The molecule has 0 aliphatic rings. The van der Waals surface area contributed by atoms with E-state index in [1.54, 1.807) is 14.0 Å². The highest BCUT2D eigenvalue weighted by molar-refractivity contribution is 14.0. The second-order valence-electron chi connectivity index (χ2n) is 5.95. The molecule has 0 spiro atoms. The van der Waals surface area contributed by atoms with Crippen LogP contribution in [-0.4, -0.2) is 59.2 Å². The Labute approximate surface area is 186 Å². The summed E-state index contributed by atoms with van der Waals surface area (Å²) in [5.41, 5.74) is 1.17. The zero-order valence-electron chi connectivity index (χ0n) is 17.3. The van der Waals surface area contributed by atoms with Crippen LogP contribution in [0.25, 0.3) is 0 Å². The van der Waals surface area contributed by atoms with Gasteiger partial charge in [0.05, 0.1) is 19.5 Å². The number of aliphatic imine (C=N–C) groups is 1. The van der Waals surface area contributed by atoms with Gasteiger partial charge in [0.25, 0.3) is 0 Å². The Kier molecular flexibility index (Phi) is 14.1. The minimum atomic E-state index is -2.97. The van der Waals surface area contributed by atoms with E-state index in [2.05, 4.69) is 15.6 Å². The van der Waals surface area contributed by atoms with E-state index < -0.39 is 9.84 Å². The summed E-state index contributed by atoms with van der Waals surface area (Å²) in [5, 5.41) is 6.21. The maximum absolute atomic E-state index is 11.6. The van der Waals surface area contributed by atoms with E-state index in [-0.39, 0.29) is 35.5 Å². The zero-order chi connectivity index (χ0) is 20.1. The van der Waals surface area contributed by atoms with Crippen molar-refractivity contribution in [1.82, 2.24) is 10.6 Å². The lowest BCUT2D eigenvalue weighted by molar-refractivity contribution is 0.310. The van der Waals surface area contributed by atoms with Crippen LogP contribution in [-0.2, 0) is 16.3 Å². The molecular formula is C19H34IN3O4S. The lowest BCUT2D eigenvalue weighted by atomic mass is 10.1. The number of sulfone groups is 1. The van der Waals surface area contributed by atoms with Crippen molar-refractivity contribution >= 4 is 39.8 Å². The second-order valence-corrected chi connectivity index (χ2v) is 8.42. The van der Waals surface area contributed by atoms with Crippen molar-refractivity contribution in [3.8, 4) is 11.5 Å². The third-order valence-electron chi connectivity index (χ3n) is 3.91. The molecule has 0 aliphatic carbocycles. The van der Waals surface area contributed by atoms with E-state index in [1.165, 1.54) is 5.56 Å². The van der Waals surface area contributed by atoms with Crippen LogP contribution in [0.5, 0.6) is 11.5 Å². The number of hydrogen-bond acceptors (Lipinski definition) is 5. The molecule has 0 aliphatic heterocycles. The molecule has 0 bridgehead atoms. The number of ether oxygens (including phenoxy) is 2. The molecule has 1 aromatic rings. The van der Waals surface area contributed by atoms with Crippen LogP contribution >= 0.6 is 24.0 Å². The highest BCUT2D eigenvalue weighted by Crippen LogP contribution is 2.28. The average molecular weight is 527 g/mol. The van der Waals surface area contributed by atoms with Crippen LogP contribution in [0.2, 0.25) is 0 Å². The fourth-order valence-electron chi connectivity index (χ4n) is 2.43. The molecule has 0 aromatic heterocycles. The number of guanidine groups is 1. The summed E-state index contributed by atoms with van der Waals surface area (Å²) in [6.07, 6.45) is 1.75. The van der Waals surface area contributed by atoms with E-state index in [9.17, 15) is 8.42 Å². The summed E-state index contributed by atoms with van der Waals surface area (Å²) < 4.78 is 34.0. The van der Waals surface area contributed by atoms with Gasteiger partial charge in [-0.15, -0.1) is 24.0 Å². The summed E-state index contributed by atoms with van der Waals surface area (Å²) in [5.74, 6) is 2.41. The Morgan fingerprint density at radius 3 is 2.50 bits per heavy atom. The van der Waals surface area contributed by atoms with Gasteiger partial charge in [0.15, 0.2) is 27.3 Å². The van der Waals surface area contributed by atoms with Gasteiger partial charge < -0.3 is 20.1 Å². The Balaban J connectivity index is 0.00000729. The Morgan fingerprint density at radius 1 is 1.14 bits per heavy atom. The monoisotopic (exact) mass is 527 g/mol. The smallest absolute Gasteiger partial charge is 0.191 e. The molecule has 28 heavy (non-hydrogen) atoms. The van der Waals surface area contributed by atoms with Crippen LogP contribution in [0, 0.1) is 0 Å². The zero-order valence-corrected chi connectivity index (χ0v) is 20.4. The Morgan fingerprint density at radius 2 is 1.89 bits per heavy atom. The van der Waals surface area contributed by atoms with E-state index in [1.807, 2.05) is 32.0 Å². The fourth-order valence-corrected chi connectivity index (χ4v) is 3.13. The molecule has 0 atom stereocenters. The minimum Gasteiger partial charge on any atom is -0.493 e. The summed E-state index contributed by atoms with van der Waals surface area (Å²) >= 11 is 0. The molecule has 1 rings (SSSR count). The highest BCUT2D eigenvalue weighted by atomic mass is 127.